The highest BCUT2D eigenvalue weighted by atomic mass is 16.7. The molecule has 0 aromatic carbocycles. The smallest absolute Gasteiger partial charge is 0.434 e. The van der Waals surface area contributed by atoms with Crippen molar-refractivity contribution in [2.45, 2.75) is 79.1 Å². The fourth-order valence-corrected chi connectivity index (χ4v) is 2.21. The summed E-state index contributed by atoms with van der Waals surface area (Å²) in [5, 5.41) is 0. The molecule has 0 aliphatic rings. The molecule has 120 valence electrons. The Labute approximate surface area is 125 Å². The summed E-state index contributed by atoms with van der Waals surface area (Å²) in [6.45, 7) is 9.66. The van der Waals surface area contributed by atoms with Crippen LogP contribution in [-0.2, 0) is 9.47 Å². The molecule has 0 rings (SSSR count). The van der Waals surface area contributed by atoms with E-state index >= 15 is 0 Å². The fourth-order valence-electron chi connectivity index (χ4n) is 2.21. The lowest BCUT2D eigenvalue weighted by atomic mass is 10.0. The van der Waals surface area contributed by atoms with Gasteiger partial charge in [-0.25, -0.2) is 4.79 Å². The molecule has 0 aliphatic heterocycles. The van der Waals surface area contributed by atoms with E-state index in [0.29, 0.717) is 25.0 Å². The molecule has 0 spiro atoms. The van der Waals surface area contributed by atoms with Crippen LogP contribution in [0.15, 0.2) is 0 Å². The Bertz CT molecular complexity index is 206. The van der Waals surface area contributed by atoms with Gasteiger partial charge in [-0.3, -0.25) is 0 Å². The first-order valence-corrected chi connectivity index (χ1v) is 8.47. The highest BCUT2D eigenvalue weighted by molar-refractivity contribution is 5.59. The molecule has 3 nitrogen and oxygen atoms in total. The van der Waals surface area contributed by atoms with E-state index in [9.17, 15) is 4.79 Å². The standard InChI is InChI=1S/C17H34O3/c1-5-9-11-15(7-3)13-19-17(18)20-14-16(8-4)12-10-6-2/h15-16H,5-14H2,1-4H3/t15-,16-/m1/s1. The normalized spacial score (nSPS) is 13.8. The third kappa shape index (κ3) is 10.1. The van der Waals surface area contributed by atoms with E-state index in [1.807, 2.05) is 0 Å². The second-order valence-electron chi connectivity index (χ2n) is 5.71. The Kier molecular flexibility index (Phi) is 12.8. The van der Waals surface area contributed by atoms with Crippen LogP contribution in [0.1, 0.15) is 79.1 Å². The summed E-state index contributed by atoms with van der Waals surface area (Å²) in [5.41, 5.74) is 0. The summed E-state index contributed by atoms with van der Waals surface area (Å²) >= 11 is 0. The van der Waals surface area contributed by atoms with Crippen LogP contribution in [0.4, 0.5) is 4.79 Å². The lowest BCUT2D eigenvalue weighted by molar-refractivity contribution is 0.0316. The minimum Gasteiger partial charge on any atom is -0.434 e. The molecular formula is C17H34O3. The zero-order chi connectivity index (χ0) is 15.2. The minimum atomic E-state index is -0.491. The van der Waals surface area contributed by atoms with Gasteiger partial charge in [0.2, 0.25) is 0 Å². The highest BCUT2D eigenvalue weighted by Crippen LogP contribution is 2.15. The maximum atomic E-state index is 11.6. The van der Waals surface area contributed by atoms with Crippen molar-refractivity contribution in [3.05, 3.63) is 0 Å². The first kappa shape index (κ1) is 19.3. The van der Waals surface area contributed by atoms with Crippen molar-refractivity contribution in [3.8, 4) is 0 Å². The van der Waals surface area contributed by atoms with Crippen LogP contribution in [-0.4, -0.2) is 19.4 Å². The summed E-state index contributed by atoms with van der Waals surface area (Å²) in [5.74, 6) is 0.953. The van der Waals surface area contributed by atoms with Crippen molar-refractivity contribution in [3.63, 3.8) is 0 Å². The van der Waals surface area contributed by atoms with Crippen molar-refractivity contribution in [2.24, 2.45) is 11.8 Å². The van der Waals surface area contributed by atoms with Gasteiger partial charge in [-0.15, -0.1) is 0 Å². The predicted octanol–water partition coefficient (Wildman–Crippen LogP) is 5.57. The van der Waals surface area contributed by atoms with E-state index in [0.717, 1.165) is 25.7 Å². The van der Waals surface area contributed by atoms with Gasteiger partial charge >= 0.3 is 6.16 Å². The monoisotopic (exact) mass is 286 g/mol. The number of carbonyl (C=O) groups excluding carboxylic acids is 1. The number of rotatable bonds is 12. The molecule has 0 saturated carbocycles. The van der Waals surface area contributed by atoms with E-state index in [4.69, 9.17) is 9.47 Å². The Balaban J connectivity index is 3.80. The average molecular weight is 286 g/mol. The SMILES string of the molecule is CCCC[C@@H](CC)COC(=O)OC[C@H](CC)CCCC. The van der Waals surface area contributed by atoms with Crippen molar-refractivity contribution in [1.29, 1.82) is 0 Å². The van der Waals surface area contributed by atoms with Crippen LogP contribution in [0, 0.1) is 11.8 Å². The lowest BCUT2D eigenvalue weighted by Crippen LogP contribution is -2.18. The second-order valence-corrected chi connectivity index (χ2v) is 5.71. The topological polar surface area (TPSA) is 35.5 Å². The van der Waals surface area contributed by atoms with Gasteiger partial charge in [0.1, 0.15) is 0 Å². The van der Waals surface area contributed by atoms with Crippen LogP contribution in [0.3, 0.4) is 0 Å². The third-order valence-electron chi connectivity index (χ3n) is 3.96. The molecule has 0 N–H and O–H groups in total. The fraction of sp³-hybridized carbons (Fsp3) is 0.941. The molecule has 0 bridgehead atoms. The number of hydrogen-bond donors (Lipinski definition) is 0. The van der Waals surface area contributed by atoms with E-state index < -0.39 is 6.16 Å². The van der Waals surface area contributed by atoms with Crippen molar-refractivity contribution in [2.75, 3.05) is 13.2 Å². The largest absolute Gasteiger partial charge is 0.508 e. The summed E-state index contributed by atoms with van der Waals surface area (Å²) in [6.07, 6.45) is 8.67. The van der Waals surface area contributed by atoms with Crippen LogP contribution >= 0.6 is 0 Å². The van der Waals surface area contributed by atoms with Crippen molar-refractivity contribution in [1.82, 2.24) is 0 Å². The van der Waals surface area contributed by atoms with E-state index in [1.165, 1.54) is 25.7 Å². The Morgan fingerprint density at radius 2 is 1.20 bits per heavy atom. The second kappa shape index (κ2) is 13.3. The van der Waals surface area contributed by atoms with Crippen LogP contribution < -0.4 is 0 Å². The molecular weight excluding hydrogens is 252 g/mol. The molecule has 0 aromatic heterocycles. The molecule has 0 aromatic rings. The quantitative estimate of drug-likeness (QED) is 0.440. The van der Waals surface area contributed by atoms with Gasteiger partial charge in [-0.1, -0.05) is 66.2 Å². The van der Waals surface area contributed by atoms with Gasteiger partial charge in [0, 0.05) is 0 Å². The molecule has 3 heteroatoms. The van der Waals surface area contributed by atoms with Crippen LogP contribution in [0.2, 0.25) is 0 Å². The van der Waals surface area contributed by atoms with Crippen molar-refractivity contribution >= 4 is 6.16 Å². The number of carbonyl (C=O) groups is 1. The molecule has 0 radical (unpaired) electrons. The Hall–Kier alpha value is -0.730. The maximum absolute atomic E-state index is 11.6. The van der Waals surface area contributed by atoms with Gasteiger partial charge in [-0.05, 0) is 24.7 Å². The number of unbranched alkanes of at least 4 members (excludes halogenated alkanes) is 2. The average Bonchev–Trinajstić information content (AvgIpc) is 2.47. The van der Waals surface area contributed by atoms with Gasteiger partial charge in [-0.2, -0.15) is 0 Å². The van der Waals surface area contributed by atoms with E-state index in [2.05, 4.69) is 27.7 Å². The van der Waals surface area contributed by atoms with Crippen molar-refractivity contribution < 1.29 is 14.3 Å². The molecule has 20 heavy (non-hydrogen) atoms. The molecule has 2 atom stereocenters. The minimum absolute atomic E-state index is 0.476. The van der Waals surface area contributed by atoms with Crippen LogP contribution in [0.25, 0.3) is 0 Å². The summed E-state index contributed by atoms with van der Waals surface area (Å²) < 4.78 is 10.5. The predicted molar refractivity (Wildman–Crippen MR) is 83.9 cm³/mol. The van der Waals surface area contributed by atoms with Gasteiger partial charge in [0.15, 0.2) is 0 Å². The zero-order valence-corrected chi connectivity index (χ0v) is 14.0. The summed E-state index contributed by atoms with van der Waals surface area (Å²) in [7, 11) is 0. The zero-order valence-electron chi connectivity index (χ0n) is 14.0. The molecule has 0 saturated heterocycles. The first-order chi connectivity index (χ1) is 9.67. The molecule has 0 unspecified atom stereocenters. The van der Waals surface area contributed by atoms with E-state index in [-0.39, 0.29) is 0 Å². The number of hydrogen-bond acceptors (Lipinski definition) is 3. The van der Waals surface area contributed by atoms with Gasteiger partial charge in [0.05, 0.1) is 13.2 Å². The van der Waals surface area contributed by atoms with Gasteiger partial charge < -0.3 is 9.47 Å². The molecule has 0 amide bonds. The first-order valence-electron chi connectivity index (χ1n) is 8.47. The number of ether oxygens (including phenoxy) is 2. The lowest BCUT2D eigenvalue weighted by Gasteiger charge is -2.17. The Morgan fingerprint density at radius 3 is 1.50 bits per heavy atom. The highest BCUT2D eigenvalue weighted by Gasteiger charge is 2.13. The van der Waals surface area contributed by atoms with Gasteiger partial charge in [0.25, 0.3) is 0 Å². The summed E-state index contributed by atoms with van der Waals surface area (Å²) in [4.78, 5) is 11.6. The third-order valence-corrected chi connectivity index (χ3v) is 3.96. The molecule has 0 aliphatic carbocycles. The molecule has 0 heterocycles. The molecule has 0 fully saturated rings. The van der Waals surface area contributed by atoms with E-state index in [1.54, 1.807) is 0 Å². The summed E-state index contributed by atoms with van der Waals surface area (Å²) in [6, 6.07) is 0. The maximum Gasteiger partial charge on any atom is 0.508 e. The van der Waals surface area contributed by atoms with Crippen LogP contribution in [0.5, 0.6) is 0 Å². The Morgan fingerprint density at radius 1 is 0.800 bits per heavy atom.